The van der Waals surface area contributed by atoms with Crippen molar-refractivity contribution in [3.63, 3.8) is 0 Å². The van der Waals surface area contributed by atoms with Crippen molar-refractivity contribution in [2.75, 3.05) is 6.61 Å². The van der Waals surface area contributed by atoms with Gasteiger partial charge in [0, 0.05) is 18.4 Å². The third-order valence-electron chi connectivity index (χ3n) is 9.92. The van der Waals surface area contributed by atoms with Gasteiger partial charge in [0.05, 0.1) is 17.6 Å². The van der Waals surface area contributed by atoms with E-state index in [2.05, 4.69) is 13.5 Å². The third kappa shape index (κ3) is 2.31. The van der Waals surface area contributed by atoms with Gasteiger partial charge in [0.2, 0.25) is 5.79 Å². The molecule has 6 fully saturated rings. The molecule has 0 radical (unpaired) electrons. The van der Waals surface area contributed by atoms with Crippen LogP contribution in [-0.2, 0) is 14.3 Å². The minimum absolute atomic E-state index is 0.287. The molecule has 2 saturated heterocycles. The maximum Gasteiger partial charge on any atom is 0.211 e. The minimum atomic E-state index is -2.30. The Kier molecular flexibility index (Phi) is 5.08. The van der Waals surface area contributed by atoms with Gasteiger partial charge in [0.15, 0.2) is 12.1 Å². The van der Waals surface area contributed by atoms with Crippen LogP contribution in [0.3, 0.4) is 0 Å². The van der Waals surface area contributed by atoms with Crippen molar-refractivity contribution in [2.45, 2.75) is 96.1 Å². The Balaban J connectivity index is 1.71. The Morgan fingerprint density at radius 2 is 1.84 bits per heavy atom. The number of Topliss-reactive ketones (excluding diaryl/α,β-unsaturated/α-hetero) is 1. The SMILES string of the molecule is C=C1C(=O)C23C(O)[C@@H]1CC[C@H]2[C@@]12C(OCCCCC)O[C@@]3(O)[C@@H](O)[C@@H]1C(C)(C)CC[C@@H]2O. The lowest BCUT2D eigenvalue weighted by Gasteiger charge is -2.76. The molecular formula is C25H38O7. The van der Waals surface area contributed by atoms with Crippen LogP contribution in [0.1, 0.15) is 65.7 Å². The molecule has 7 nitrogen and oxygen atoms in total. The fourth-order valence-electron chi connectivity index (χ4n) is 8.66. The number of unbranched alkanes of at least 4 members (excludes halogenated alkanes) is 2. The minimum Gasteiger partial charge on any atom is -0.392 e. The van der Waals surface area contributed by atoms with Gasteiger partial charge in [-0.15, -0.1) is 0 Å². The van der Waals surface area contributed by atoms with Crippen molar-refractivity contribution in [3.05, 3.63) is 12.2 Å². The van der Waals surface area contributed by atoms with Gasteiger partial charge < -0.3 is 29.9 Å². The summed E-state index contributed by atoms with van der Waals surface area (Å²) >= 11 is 0. The summed E-state index contributed by atoms with van der Waals surface area (Å²) in [6, 6.07) is 0. The van der Waals surface area contributed by atoms with Gasteiger partial charge in [-0.05, 0) is 49.0 Å². The van der Waals surface area contributed by atoms with Gasteiger partial charge in [-0.25, -0.2) is 0 Å². The van der Waals surface area contributed by atoms with Crippen LogP contribution < -0.4 is 0 Å². The van der Waals surface area contributed by atoms with Gasteiger partial charge in [-0.3, -0.25) is 4.79 Å². The first-order valence-corrected chi connectivity index (χ1v) is 12.3. The van der Waals surface area contributed by atoms with Gasteiger partial charge in [0.1, 0.15) is 11.5 Å². The molecule has 0 aromatic heterocycles. The molecule has 4 N–H and O–H groups in total. The number of ether oxygens (including phenoxy) is 2. The molecule has 0 aromatic carbocycles. The summed E-state index contributed by atoms with van der Waals surface area (Å²) in [5.41, 5.74) is -2.98. The highest BCUT2D eigenvalue weighted by atomic mass is 16.8. The summed E-state index contributed by atoms with van der Waals surface area (Å²) in [4.78, 5) is 13.7. The number of carbonyl (C=O) groups is 1. The fourth-order valence-corrected chi connectivity index (χ4v) is 8.66. The van der Waals surface area contributed by atoms with Crippen LogP contribution in [0.4, 0.5) is 0 Å². The normalized spacial score (nSPS) is 53.3. The van der Waals surface area contributed by atoms with E-state index >= 15 is 0 Å². The Hall–Kier alpha value is -0.830. The predicted octanol–water partition coefficient (Wildman–Crippen LogP) is 1.91. The Morgan fingerprint density at radius 1 is 1.12 bits per heavy atom. The molecule has 10 atom stereocenters. The zero-order valence-corrected chi connectivity index (χ0v) is 19.4. The number of aliphatic hydroxyl groups excluding tert-OH is 3. The molecule has 2 spiro atoms. The van der Waals surface area contributed by atoms with E-state index in [0.717, 1.165) is 19.3 Å². The maximum atomic E-state index is 13.7. The second kappa shape index (κ2) is 7.09. The van der Waals surface area contributed by atoms with E-state index in [1.54, 1.807) is 0 Å². The number of fused-ring (bicyclic) bond motifs is 2. The molecule has 4 bridgehead atoms. The second-order valence-electron chi connectivity index (χ2n) is 11.6. The van der Waals surface area contributed by atoms with E-state index in [1.165, 1.54) is 0 Å². The Labute approximate surface area is 189 Å². The molecule has 0 aromatic rings. The highest BCUT2D eigenvalue weighted by Gasteiger charge is 2.89. The lowest BCUT2D eigenvalue weighted by atomic mass is 9.35. The number of rotatable bonds is 5. The summed E-state index contributed by atoms with van der Waals surface area (Å²) in [6.07, 6.45) is 0.547. The lowest BCUT2D eigenvalue weighted by Crippen LogP contribution is -2.88. The van der Waals surface area contributed by atoms with Crippen LogP contribution in [0.5, 0.6) is 0 Å². The van der Waals surface area contributed by atoms with Crippen molar-refractivity contribution in [1.29, 1.82) is 0 Å². The first kappa shape index (κ1) is 22.9. The predicted molar refractivity (Wildman–Crippen MR) is 115 cm³/mol. The van der Waals surface area contributed by atoms with Crippen LogP contribution in [-0.4, -0.2) is 63.2 Å². The average Bonchev–Trinajstić information content (AvgIpc) is 2.84. The van der Waals surface area contributed by atoms with Crippen LogP contribution >= 0.6 is 0 Å². The summed E-state index contributed by atoms with van der Waals surface area (Å²) < 4.78 is 12.4. The number of ketones is 1. The molecule has 32 heavy (non-hydrogen) atoms. The molecule has 4 aliphatic carbocycles. The summed E-state index contributed by atoms with van der Waals surface area (Å²) in [7, 11) is 0. The lowest BCUT2D eigenvalue weighted by molar-refractivity contribution is -0.511. The van der Waals surface area contributed by atoms with E-state index in [1.807, 2.05) is 13.8 Å². The first-order chi connectivity index (χ1) is 15.0. The Bertz CT molecular complexity index is 825. The van der Waals surface area contributed by atoms with Crippen LogP contribution in [0.25, 0.3) is 0 Å². The third-order valence-corrected chi connectivity index (χ3v) is 9.92. The van der Waals surface area contributed by atoms with Crippen molar-refractivity contribution >= 4 is 5.78 Å². The molecule has 6 rings (SSSR count). The molecule has 2 aliphatic heterocycles. The second-order valence-corrected chi connectivity index (χ2v) is 11.6. The molecule has 2 heterocycles. The molecule has 7 heteroatoms. The largest absolute Gasteiger partial charge is 0.392 e. The van der Waals surface area contributed by atoms with E-state index in [-0.39, 0.29) is 5.57 Å². The monoisotopic (exact) mass is 450 g/mol. The van der Waals surface area contributed by atoms with E-state index in [9.17, 15) is 25.2 Å². The highest BCUT2D eigenvalue weighted by molar-refractivity contribution is 6.05. The first-order valence-electron chi connectivity index (χ1n) is 12.3. The zero-order valence-electron chi connectivity index (χ0n) is 19.4. The maximum absolute atomic E-state index is 13.7. The number of carbonyl (C=O) groups excluding carboxylic acids is 1. The Morgan fingerprint density at radius 3 is 2.53 bits per heavy atom. The van der Waals surface area contributed by atoms with Crippen LogP contribution in [0, 0.1) is 34.0 Å². The molecule has 0 amide bonds. The number of hydrogen-bond acceptors (Lipinski definition) is 7. The summed E-state index contributed by atoms with van der Waals surface area (Å²) in [5, 5.41) is 46.8. The molecular weight excluding hydrogens is 412 g/mol. The van der Waals surface area contributed by atoms with Crippen molar-refractivity contribution in [1.82, 2.24) is 0 Å². The molecule has 180 valence electrons. The van der Waals surface area contributed by atoms with Crippen molar-refractivity contribution in [2.24, 2.45) is 34.0 Å². The standard InChI is InChI=1S/C25H38O7/c1-5-6-7-12-31-21-23-15-9-8-14-13(2)18(27)24(15,19(14)28)25(30,32-21)20(29)17(23)22(3,4)11-10-16(23)26/h14-17,19-21,26,28-30H,2,5-12H2,1,3-4H3/t14-,15+,16+,17-,19?,20+,21?,23+,24?,25+/m1/s1. The molecule has 6 aliphatic rings. The quantitative estimate of drug-likeness (QED) is 0.373. The van der Waals surface area contributed by atoms with Crippen molar-refractivity contribution in [3.8, 4) is 0 Å². The fraction of sp³-hybridized carbons (Fsp3) is 0.880. The topological polar surface area (TPSA) is 116 Å². The number of hydrogen-bond donors (Lipinski definition) is 4. The van der Waals surface area contributed by atoms with E-state index < -0.39 is 70.2 Å². The van der Waals surface area contributed by atoms with Gasteiger partial charge in [-0.2, -0.15) is 0 Å². The summed E-state index contributed by atoms with van der Waals surface area (Å²) in [6.45, 7) is 10.5. The van der Waals surface area contributed by atoms with Gasteiger partial charge in [0.25, 0.3) is 0 Å². The van der Waals surface area contributed by atoms with Crippen LogP contribution in [0.2, 0.25) is 0 Å². The average molecular weight is 451 g/mol. The van der Waals surface area contributed by atoms with Crippen LogP contribution in [0.15, 0.2) is 12.2 Å². The van der Waals surface area contributed by atoms with Gasteiger partial charge >= 0.3 is 0 Å². The zero-order chi connectivity index (χ0) is 23.3. The summed E-state index contributed by atoms with van der Waals surface area (Å²) in [5.74, 6) is -4.33. The van der Waals surface area contributed by atoms with Gasteiger partial charge in [-0.1, -0.05) is 40.2 Å². The van der Waals surface area contributed by atoms with E-state index in [0.29, 0.717) is 32.3 Å². The highest BCUT2D eigenvalue weighted by Crippen LogP contribution is 2.78. The number of aliphatic hydroxyl groups is 4. The van der Waals surface area contributed by atoms with E-state index in [4.69, 9.17) is 9.47 Å². The molecule has 3 unspecified atom stereocenters. The molecule has 4 saturated carbocycles. The van der Waals surface area contributed by atoms with Crippen molar-refractivity contribution < 1.29 is 34.7 Å². The smallest absolute Gasteiger partial charge is 0.211 e.